The fraction of sp³-hybridized carbons (Fsp3) is 0.257. The molecule has 0 saturated heterocycles. The molecule has 0 aliphatic carbocycles. The third kappa shape index (κ3) is 8.84. The fourth-order valence-electron chi connectivity index (χ4n) is 5.37. The SMILES string of the molecule is CC(C)N1C(=O)C(c2ccccc2)N(C(CC(=O)OC(=O)C(F)(F)F)c2ccccc2)C(=O)c2cc(C#CC(=O)NCCNC(=N)N)ccc21. The number of halogens is 3. The second kappa shape index (κ2) is 15.8. The third-order valence-corrected chi connectivity index (χ3v) is 7.47. The van der Waals surface area contributed by atoms with Crippen LogP contribution in [0.25, 0.3) is 0 Å². The van der Waals surface area contributed by atoms with E-state index in [4.69, 9.17) is 11.1 Å². The van der Waals surface area contributed by atoms with Crippen LogP contribution in [0, 0.1) is 17.3 Å². The lowest BCUT2D eigenvalue weighted by Crippen LogP contribution is -2.46. The molecule has 3 amide bonds. The van der Waals surface area contributed by atoms with Gasteiger partial charge < -0.3 is 30.9 Å². The summed E-state index contributed by atoms with van der Waals surface area (Å²) in [6, 6.07) is 17.2. The molecule has 2 unspecified atom stereocenters. The predicted octanol–water partition coefficient (Wildman–Crippen LogP) is 3.34. The van der Waals surface area contributed by atoms with E-state index in [0.717, 1.165) is 4.90 Å². The summed E-state index contributed by atoms with van der Waals surface area (Å²) in [6.07, 6.45) is -6.36. The number of anilines is 1. The maximum Gasteiger partial charge on any atom is 0.491 e. The molecule has 12 nitrogen and oxygen atoms in total. The zero-order valence-electron chi connectivity index (χ0n) is 26.9. The standard InChI is InChI=1S/C35H33F3N6O6/c1-21(2)43-26-15-13-22(14-16-28(45)41-17-18-42-34(39)40)19-25(26)31(47)44(30(32(43)48)24-11-7-4-8-12-24)27(23-9-5-3-6-10-23)20-29(46)50-33(49)35(36,37)38/h3-13,15,19,21,27,30H,17-18,20H2,1-2H3,(H,41,45)(H4,39,40,42). The number of carbonyl (C=O) groups excluding carboxylic acids is 5. The summed E-state index contributed by atoms with van der Waals surface area (Å²) >= 11 is 0. The molecule has 3 aromatic rings. The molecule has 3 aromatic carbocycles. The van der Waals surface area contributed by atoms with Crippen LogP contribution in [0.15, 0.2) is 78.9 Å². The molecule has 1 aliphatic heterocycles. The van der Waals surface area contributed by atoms with Gasteiger partial charge in [-0.05, 0) is 43.2 Å². The van der Waals surface area contributed by atoms with Crippen molar-refractivity contribution in [2.75, 3.05) is 18.0 Å². The average Bonchev–Trinajstić information content (AvgIpc) is 3.16. The van der Waals surface area contributed by atoms with Crippen molar-refractivity contribution in [2.24, 2.45) is 5.73 Å². The van der Waals surface area contributed by atoms with E-state index in [1.54, 1.807) is 62.4 Å². The van der Waals surface area contributed by atoms with Crippen molar-refractivity contribution in [2.45, 2.75) is 44.6 Å². The van der Waals surface area contributed by atoms with Gasteiger partial charge in [0.15, 0.2) is 5.96 Å². The van der Waals surface area contributed by atoms with Crippen molar-refractivity contribution in [3.05, 3.63) is 101 Å². The molecule has 0 spiro atoms. The van der Waals surface area contributed by atoms with Gasteiger partial charge in [0.1, 0.15) is 6.04 Å². The number of benzene rings is 3. The minimum absolute atomic E-state index is 0.0380. The summed E-state index contributed by atoms with van der Waals surface area (Å²) < 4.78 is 43.2. The number of rotatable bonds is 9. The molecule has 50 heavy (non-hydrogen) atoms. The molecule has 0 radical (unpaired) electrons. The number of fused-ring (bicyclic) bond motifs is 1. The minimum Gasteiger partial charge on any atom is -0.386 e. The van der Waals surface area contributed by atoms with Gasteiger partial charge in [0.25, 0.3) is 17.7 Å². The number of alkyl halides is 3. The first-order chi connectivity index (χ1) is 23.7. The maximum atomic E-state index is 14.8. The molecular formula is C35H33F3N6O6. The van der Waals surface area contributed by atoms with Crippen LogP contribution >= 0.6 is 0 Å². The largest absolute Gasteiger partial charge is 0.491 e. The lowest BCUT2D eigenvalue weighted by atomic mass is 9.95. The Bertz CT molecular complexity index is 1840. The molecule has 1 heterocycles. The van der Waals surface area contributed by atoms with Crippen molar-refractivity contribution in [3.8, 4) is 11.8 Å². The van der Waals surface area contributed by atoms with Crippen LogP contribution in [0.2, 0.25) is 0 Å². The summed E-state index contributed by atoms with van der Waals surface area (Å²) in [7, 11) is 0. The molecule has 4 rings (SSSR count). The highest BCUT2D eigenvalue weighted by atomic mass is 19.4. The summed E-state index contributed by atoms with van der Waals surface area (Å²) in [5.41, 5.74) is 6.22. The number of nitrogens with two attached hydrogens (primary N) is 1. The van der Waals surface area contributed by atoms with Gasteiger partial charge in [-0.1, -0.05) is 66.6 Å². The number of guanidine groups is 1. The first-order valence-electron chi connectivity index (χ1n) is 15.3. The van der Waals surface area contributed by atoms with Crippen molar-refractivity contribution in [1.82, 2.24) is 15.5 Å². The number of hydrogen-bond acceptors (Lipinski definition) is 7. The third-order valence-electron chi connectivity index (χ3n) is 7.47. The Hall–Kier alpha value is -6.17. The van der Waals surface area contributed by atoms with Gasteiger partial charge in [-0.3, -0.25) is 24.6 Å². The van der Waals surface area contributed by atoms with Crippen LogP contribution in [-0.4, -0.2) is 65.8 Å². The highest BCUT2D eigenvalue weighted by Crippen LogP contribution is 2.42. The molecule has 1 aliphatic rings. The number of nitrogens with zero attached hydrogens (tertiary/aromatic N) is 2. The Labute approximate surface area is 285 Å². The van der Waals surface area contributed by atoms with E-state index in [-0.39, 0.29) is 41.4 Å². The molecule has 0 aromatic heterocycles. The Morgan fingerprint density at radius 2 is 1.58 bits per heavy atom. The number of amides is 3. The van der Waals surface area contributed by atoms with Crippen LogP contribution in [0.5, 0.6) is 0 Å². The molecule has 2 atom stereocenters. The van der Waals surface area contributed by atoms with Crippen LogP contribution in [-0.2, 0) is 23.9 Å². The van der Waals surface area contributed by atoms with Crippen LogP contribution in [0.4, 0.5) is 18.9 Å². The Kier molecular flexibility index (Phi) is 11.6. The lowest BCUT2D eigenvalue weighted by Gasteiger charge is -2.37. The number of esters is 2. The van der Waals surface area contributed by atoms with E-state index in [1.807, 2.05) is 0 Å². The van der Waals surface area contributed by atoms with E-state index in [1.165, 1.54) is 35.2 Å². The Morgan fingerprint density at radius 3 is 2.18 bits per heavy atom. The van der Waals surface area contributed by atoms with E-state index < -0.39 is 60.4 Å². The molecule has 260 valence electrons. The van der Waals surface area contributed by atoms with Crippen molar-refractivity contribution >= 4 is 41.3 Å². The predicted molar refractivity (Wildman–Crippen MR) is 175 cm³/mol. The van der Waals surface area contributed by atoms with Crippen molar-refractivity contribution in [3.63, 3.8) is 0 Å². The Morgan fingerprint density at radius 1 is 0.960 bits per heavy atom. The average molecular weight is 691 g/mol. The van der Waals surface area contributed by atoms with E-state index in [9.17, 15) is 37.1 Å². The maximum absolute atomic E-state index is 14.8. The van der Waals surface area contributed by atoms with Gasteiger partial charge in [-0.25, -0.2) is 4.79 Å². The number of hydrogen-bond donors (Lipinski definition) is 4. The molecule has 0 bridgehead atoms. The Balaban J connectivity index is 1.86. The highest BCUT2D eigenvalue weighted by Gasteiger charge is 2.47. The fourth-order valence-corrected chi connectivity index (χ4v) is 5.37. The van der Waals surface area contributed by atoms with E-state index in [0.29, 0.717) is 5.56 Å². The van der Waals surface area contributed by atoms with Crippen LogP contribution in [0.3, 0.4) is 0 Å². The van der Waals surface area contributed by atoms with Crippen LogP contribution < -0.4 is 21.3 Å². The summed E-state index contributed by atoms with van der Waals surface area (Å²) in [5, 5.41) is 12.2. The second-order valence-corrected chi connectivity index (χ2v) is 11.3. The molecule has 15 heteroatoms. The zero-order valence-corrected chi connectivity index (χ0v) is 26.9. The minimum atomic E-state index is -5.45. The lowest BCUT2D eigenvalue weighted by molar-refractivity contribution is -0.202. The first-order valence-corrected chi connectivity index (χ1v) is 15.3. The summed E-state index contributed by atoms with van der Waals surface area (Å²) in [5.74, 6) is -1.46. The number of ether oxygens (including phenoxy) is 1. The van der Waals surface area contributed by atoms with E-state index >= 15 is 0 Å². The molecular weight excluding hydrogens is 657 g/mol. The van der Waals surface area contributed by atoms with Gasteiger partial charge in [-0.2, -0.15) is 13.2 Å². The van der Waals surface area contributed by atoms with Crippen molar-refractivity contribution in [1.29, 1.82) is 5.41 Å². The van der Waals surface area contributed by atoms with Crippen LogP contribution in [0.1, 0.15) is 59.4 Å². The molecule has 0 saturated carbocycles. The summed E-state index contributed by atoms with van der Waals surface area (Å²) in [4.78, 5) is 68.8. The van der Waals surface area contributed by atoms with E-state index in [2.05, 4.69) is 27.2 Å². The topological polar surface area (TPSA) is 175 Å². The first kappa shape index (κ1) is 36.7. The second-order valence-electron chi connectivity index (χ2n) is 11.3. The van der Waals surface area contributed by atoms with Crippen molar-refractivity contribution < 1.29 is 41.9 Å². The molecule has 5 N–H and O–H groups in total. The van der Waals surface area contributed by atoms with Gasteiger partial charge in [0.05, 0.1) is 23.7 Å². The van der Waals surface area contributed by atoms with Gasteiger partial charge in [-0.15, -0.1) is 0 Å². The quantitative estimate of drug-likeness (QED) is 0.0661. The monoisotopic (exact) mass is 690 g/mol. The highest BCUT2D eigenvalue weighted by molar-refractivity contribution is 6.12. The normalized spacial score (nSPS) is 14.9. The van der Waals surface area contributed by atoms with Gasteiger partial charge in [0, 0.05) is 30.6 Å². The summed E-state index contributed by atoms with van der Waals surface area (Å²) in [6.45, 7) is 3.78. The number of nitrogens with one attached hydrogen (secondary N) is 3. The smallest absolute Gasteiger partial charge is 0.386 e. The molecule has 0 fully saturated rings. The van der Waals surface area contributed by atoms with Gasteiger partial charge in [0.2, 0.25) is 0 Å². The zero-order chi connectivity index (χ0) is 36.6. The number of carbonyl (C=O) groups is 5. The van der Waals surface area contributed by atoms with Gasteiger partial charge >= 0.3 is 18.1 Å².